The topological polar surface area (TPSA) is 71.8 Å². The monoisotopic (exact) mass is 420 g/mol. The first-order chi connectivity index (χ1) is 15.1. The van der Waals surface area contributed by atoms with Crippen LogP contribution >= 0.6 is 0 Å². The highest BCUT2D eigenvalue weighted by Crippen LogP contribution is 2.27. The van der Waals surface area contributed by atoms with Gasteiger partial charge in [0.15, 0.2) is 5.43 Å². The number of carbonyl (C=O) groups excluding carboxylic acids is 1. The highest BCUT2D eigenvalue weighted by atomic mass is 16.5. The SMILES string of the molecule is CC(=O)NCCCN(CCOc1ccc2c(=O)c(-c3ccccc3)coc2c1)C1CC1. The van der Waals surface area contributed by atoms with E-state index < -0.39 is 0 Å². The van der Waals surface area contributed by atoms with E-state index in [1.165, 1.54) is 19.1 Å². The van der Waals surface area contributed by atoms with Crippen molar-refractivity contribution >= 4 is 16.9 Å². The summed E-state index contributed by atoms with van der Waals surface area (Å²) in [5, 5.41) is 3.39. The fourth-order valence-corrected chi connectivity index (χ4v) is 3.76. The molecule has 0 radical (unpaired) electrons. The number of carbonyl (C=O) groups is 1. The number of nitrogens with one attached hydrogen (secondary N) is 1. The van der Waals surface area contributed by atoms with E-state index in [0.29, 0.717) is 41.5 Å². The number of rotatable bonds is 10. The molecule has 1 N–H and O–H groups in total. The van der Waals surface area contributed by atoms with Crippen LogP contribution in [0.3, 0.4) is 0 Å². The average molecular weight is 421 g/mol. The van der Waals surface area contributed by atoms with Gasteiger partial charge in [-0.05, 0) is 37.0 Å². The molecule has 6 nitrogen and oxygen atoms in total. The number of amides is 1. The van der Waals surface area contributed by atoms with E-state index in [1.54, 1.807) is 19.1 Å². The molecular formula is C25H28N2O4. The second kappa shape index (κ2) is 9.79. The van der Waals surface area contributed by atoms with Gasteiger partial charge in [0.25, 0.3) is 0 Å². The third-order valence-corrected chi connectivity index (χ3v) is 5.54. The highest BCUT2D eigenvalue weighted by molar-refractivity contribution is 5.82. The van der Waals surface area contributed by atoms with Crippen LogP contribution in [0.25, 0.3) is 22.1 Å². The molecule has 1 aromatic heterocycles. The van der Waals surface area contributed by atoms with Crippen molar-refractivity contribution in [2.75, 3.05) is 26.2 Å². The lowest BCUT2D eigenvalue weighted by Crippen LogP contribution is -2.33. The van der Waals surface area contributed by atoms with Crippen molar-refractivity contribution in [3.05, 3.63) is 65.0 Å². The van der Waals surface area contributed by atoms with Gasteiger partial charge in [-0.2, -0.15) is 0 Å². The van der Waals surface area contributed by atoms with Gasteiger partial charge >= 0.3 is 0 Å². The molecule has 0 saturated heterocycles. The van der Waals surface area contributed by atoms with Gasteiger partial charge in [0.2, 0.25) is 5.91 Å². The first kappa shape index (κ1) is 21.1. The average Bonchev–Trinajstić information content (AvgIpc) is 3.61. The molecule has 1 aliphatic carbocycles. The molecular weight excluding hydrogens is 392 g/mol. The van der Waals surface area contributed by atoms with Crippen molar-refractivity contribution in [2.45, 2.75) is 32.2 Å². The zero-order valence-electron chi connectivity index (χ0n) is 17.8. The van der Waals surface area contributed by atoms with Crippen LogP contribution in [0.4, 0.5) is 0 Å². The first-order valence-corrected chi connectivity index (χ1v) is 10.8. The Kier molecular flexibility index (Phi) is 6.67. The number of ether oxygens (including phenoxy) is 1. The first-order valence-electron chi connectivity index (χ1n) is 10.8. The van der Waals surface area contributed by atoms with Gasteiger partial charge in [-0.25, -0.2) is 0 Å². The summed E-state index contributed by atoms with van der Waals surface area (Å²) in [6.45, 7) is 4.59. The molecule has 0 aliphatic heterocycles. The van der Waals surface area contributed by atoms with Crippen LogP contribution < -0.4 is 15.5 Å². The predicted octanol–water partition coefficient (Wildman–Crippen LogP) is 3.83. The zero-order valence-corrected chi connectivity index (χ0v) is 17.8. The Morgan fingerprint density at radius 1 is 1.16 bits per heavy atom. The Morgan fingerprint density at radius 2 is 1.97 bits per heavy atom. The lowest BCUT2D eigenvalue weighted by atomic mass is 10.1. The quantitative estimate of drug-likeness (QED) is 0.505. The van der Waals surface area contributed by atoms with Gasteiger partial charge in [-0.15, -0.1) is 0 Å². The molecule has 162 valence electrons. The van der Waals surface area contributed by atoms with Crippen LogP contribution in [0.1, 0.15) is 26.2 Å². The molecule has 1 saturated carbocycles. The number of fused-ring (bicyclic) bond motifs is 1. The molecule has 4 rings (SSSR count). The third kappa shape index (κ3) is 5.52. The summed E-state index contributed by atoms with van der Waals surface area (Å²) in [4.78, 5) is 26.3. The second-order valence-corrected chi connectivity index (χ2v) is 7.95. The summed E-state index contributed by atoms with van der Waals surface area (Å²) in [6, 6.07) is 15.5. The lowest BCUT2D eigenvalue weighted by molar-refractivity contribution is -0.118. The molecule has 1 fully saturated rings. The van der Waals surface area contributed by atoms with Crippen molar-refractivity contribution in [1.82, 2.24) is 10.2 Å². The molecule has 1 heterocycles. The minimum Gasteiger partial charge on any atom is -0.492 e. The Morgan fingerprint density at radius 3 is 2.71 bits per heavy atom. The Bertz CT molecular complexity index is 1090. The molecule has 0 unspecified atom stereocenters. The third-order valence-electron chi connectivity index (χ3n) is 5.54. The molecule has 0 bridgehead atoms. The van der Waals surface area contributed by atoms with Gasteiger partial charge in [0.1, 0.15) is 24.2 Å². The summed E-state index contributed by atoms with van der Waals surface area (Å²) in [6.07, 6.45) is 4.91. The molecule has 2 aromatic carbocycles. The maximum Gasteiger partial charge on any atom is 0.216 e. The van der Waals surface area contributed by atoms with Crippen molar-refractivity contribution in [1.29, 1.82) is 0 Å². The van der Waals surface area contributed by atoms with Gasteiger partial charge in [-0.1, -0.05) is 30.3 Å². The second-order valence-electron chi connectivity index (χ2n) is 7.95. The smallest absolute Gasteiger partial charge is 0.216 e. The predicted molar refractivity (Wildman–Crippen MR) is 121 cm³/mol. The van der Waals surface area contributed by atoms with Crippen LogP contribution in [0.15, 0.2) is 64.0 Å². The van der Waals surface area contributed by atoms with E-state index in [0.717, 1.165) is 25.1 Å². The summed E-state index contributed by atoms with van der Waals surface area (Å²) >= 11 is 0. The number of hydrogen-bond acceptors (Lipinski definition) is 5. The van der Waals surface area contributed by atoms with Crippen LogP contribution in [0.2, 0.25) is 0 Å². The summed E-state index contributed by atoms with van der Waals surface area (Å²) in [5.74, 6) is 0.706. The highest BCUT2D eigenvalue weighted by Gasteiger charge is 2.28. The number of benzene rings is 2. The van der Waals surface area contributed by atoms with E-state index in [4.69, 9.17) is 9.15 Å². The zero-order chi connectivity index (χ0) is 21.6. The van der Waals surface area contributed by atoms with E-state index in [2.05, 4.69) is 10.2 Å². The lowest BCUT2D eigenvalue weighted by Gasteiger charge is -2.22. The van der Waals surface area contributed by atoms with Crippen molar-refractivity contribution in [3.63, 3.8) is 0 Å². The van der Waals surface area contributed by atoms with E-state index >= 15 is 0 Å². The minimum absolute atomic E-state index is 0.0140. The maximum atomic E-state index is 12.9. The molecule has 3 aromatic rings. The Hall–Kier alpha value is -3.12. The molecule has 0 spiro atoms. The number of hydrogen-bond donors (Lipinski definition) is 1. The van der Waals surface area contributed by atoms with Crippen LogP contribution in [0.5, 0.6) is 5.75 Å². The molecule has 1 amide bonds. The largest absolute Gasteiger partial charge is 0.492 e. The van der Waals surface area contributed by atoms with Gasteiger partial charge in [-0.3, -0.25) is 14.5 Å². The fourth-order valence-electron chi connectivity index (χ4n) is 3.76. The van der Waals surface area contributed by atoms with Gasteiger partial charge < -0.3 is 14.5 Å². The van der Waals surface area contributed by atoms with E-state index in [9.17, 15) is 9.59 Å². The van der Waals surface area contributed by atoms with Gasteiger partial charge in [0.05, 0.1) is 10.9 Å². The van der Waals surface area contributed by atoms with E-state index in [1.807, 2.05) is 36.4 Å². The van der Waals surface area contributed by atoms with Gasteiger partial charge in [0, 0.05) is 38.7 Å². The summed E-state index contributed by atoms with van der Waals surface area (Å²) in [7, 11) is 0. The number of nitrogens with zero attached hydrogens (tertiary/aromatic N) is 1. The standard InChI is InChI=1S/C25H28N2O4/c1-18(28)26-12-5-13-27(20-8-9-20)14-15-30-21-10-11-22-24(16-21)31-17-23(25(22)29)19-6-3-2-4-7-19/h2-4,6-7,10-11,16-17,20H,5,8-9,12-15H2,1H3,(H,26,28). The van der Waals surface area contributed by atoms with E-state index in [-0.39, 0.29) is 11.3 Å². The Balaban J connectivity index is 1.36. The summed E-state index contributed by atoms with van der Waals surface area (Å²) in [5.41, 5.74) is 1.88. The van der Waals surface area contributed by atoms with Crippen molar-refractivity contribution < 1.29 is 13.9 Å². The van der Waals surface area contributed by atoms with Crippen LogP contribution in [-0.4, -0.2) is 43.1 Å². The van der Waals surface area contributed by atoms with Crippen LogP contribution in [0, 0.1) is 0 Å². The fraction of sp³-hybridized carbons (Fsp3) is 0.360. The van der Waals surface area contributed by atoms with Crippen molar-refractivity contribution in [2.24, 2.45) is 0 Å². The molecule has 1 aliphatic rings. The molecule has 31 heavy (non-hydrogen) atoms. The van der Waals surface area contributed by atoms with Crippen molar-refractivity contribution in [3.8, 4) is 16.9 Å². The summed E-state index contributed by atoms with van der Waals surface area (Å²) < 4.78 is 11.7. The molecule has 6 heteroatoms. The maximum absolute atomic E-state index is 12.9. The Labute approximate surface area is 181 Å². The normalized spacial score (nSPS) is 13.5. The molecule has 0 atom stereocenters. The minimum atomic E-state index is -0.0434. The van der Waals surface area contributed by atoms with Crippen LogP contribution in [-0.2, 0) is 4.79 Å².